The Hall–Kier alpha value is -2.39. The SMILES string of the molecule is CC(C)C1CCC(N2CCC(N3C(=O)/C(=N\O)c4cc(C#N)ccc43)CC2)CC1. The third-order valence-electron chi connectivity index (χ3n) is 7.23. The second kappa shape index (κ2) is 8.16. The van der Waals surface area contributed by atoms with Crippen LogP contribution in [0.25, 0.3) is 0 Å². The fourth-order valence-electron chi connectivity index (χ4n) is 5.45. The van der Waals surface area contributed by atoms with E-state index >= 15 is 0 Å². The lowest BCUT2D eigenvalue weighted by Crippen LogP contribution is -2.50. The van der Waals surface area contributed by atoms with Gasteiger partial charge in [-0.3, -0.25) is 4.79 Å². The molecular weight excluding hydrogens is 364 g/mol. The van der Waals surface area contributed by atoms with Gasteiger partial charge in [-0.2, -0.15) is 5.26 Å². The Bertz CT molecular complexity index is 841. The molecule has 3 aliphatic rings. The Balaban J connectivity index is 1.43. The molecule has 0 bridgehead atoms. The Morgan fingerprint density at radius 1 is 1.10 bits per heavy atom. The maximum atomic E-state index is 12.9. The van der Waals surface area contributed by atoms with Gasteiger partial charge in [0, 0.05) is 30.7 Å². The molecule has 2 aliphatic heterocycles. The van der Waals surface area contributed by atoms with Gasteiger partial charge in [-0.25, -0.2) is 0 Å². The number of likely N-dealkylation sites (tertiary alicyclic amines) is 1. The zero-order chi connectivity index (χ0) is 20.5. The quantitative estimate of drug-likeness (QED) is 0.625. The highest BCUT2D eigenvalue weighted by molar-refractivity contribution is 6.54. The molecule has 4 rings (SSSR count). The average molecular weight is 395 g/mol. The van der Waals surface area contributed by atoms with E-state index < -0.39 is 0 Å². The number of benzene rings is 1. The first kappa shape index (κ1) is 19.9. The van der Waals surface area contributed by atoms with Crippen LogP contribution in [0.2, 0.25) is 0 Å². The first-order chi connectivity index (χ1) is 14.0. The number of hydrogen-bond acceptors (Lipinski definition) is 5. The lowest BCUT2D eigenvalue weighted by atomic mass is 9.79. The van der Waals surface area contributed by atoms with Crippen LogP contribution in [0.15, 0.2) is 23.4 Å². The molecular formula is C23H30N4O2. The van der Waals surface area contributed by atoms with Crippen molar-refractivity contribution < 1.29 is 10.0 Å². The van der Waals surface area contributed by atoms with Gasteiger partial charge in [0.15, 0.2) is 5.71 Å². The summed E-state index contributed by atoms with van der Waals surface area (Å²) >= 11 is 0. The van der Waals surface area contributed by atoms with Crippen molar-refractivity contribution in [3.63, 3.8) is 0 Å². The van der Waals surface area contributed by atoms with Gasteiger partial charge in [-0.05, 0) is 68.6 Å². The van der Waals surface area contributed by atoms with Crippen LogP contribution in [0.3, 0.4) is 0 Å². The highest BCUT2D eigenvalue weighted by atomic mass is 16.4. The maximum absolute atomic E-state index is 12.9. The number of fused-ring (bicyclic) bond motifs is 1. The minimum atomic E-state index is -0.256. The summed E-state index contributed by atoms with van der Waals surface area (Å²) in [7, 11) is 0. The van der Waals surface area contributed by atoms with Crippen LogP contribution >= 0.6 is 0 Å². The second-order valence-corrected chi connectivity index (χ2v) is 9.05. The minimum Gasteiger partial charge on any atom is -0.410 e. The normalized spacial score (nSPS) is 27.4. The van der Waals surface area contributed by atoms with Crippen LogP contribution in [0.4, 0.5) is 5.69 Å². The number of amides is 1. The zero-order valence-electron chi connectivity index (χ0n) is 17.3. The molecule has 0 aromatic heterocycles. The van der Waals surface area contributed by atoms with Crippen LogP contribution in [0, 0.1) is 23.2 Å². The topological polar surface area (TPSA) is 79.9 Å². The Labute approximate surface area is 172 Å². The van der Waals surface area contributed by atoms with Crippen molar-refractivity contribution in [2.75, 3.05) is 18.0 Å². The fourth-order valence-corrected chi connectivity index (χ4v) is 5.45. The van der Waals surface area contributed by atoms with Gasteiger partial charge < -0.3 is 15.0 Å². The molecule has 0 atom stereocenters. The Morgan fingerprint density at radius 3 is 2.38 bits per heavy atom. The molecule has 154 valence electrons. The van der Waals surface area contributed by atoms with Gasteiger partial charge in [-0.15, -0.1) is 0 Å². The molecule has 29 heavy (non-hydrogen) atoms. The molecule has 1 amide bonds. The summed E-state index contributed by atoms with van der Waals surface area (Å²) in [5, 5.41) is 21.8. The Kier molecular flexibility index (Phi) is 5.60. The molecule has 6 nitrogen and oxygen atoms in total. The second-order valence-electron chi connectivity index (χ2n) is 9.05. The van der Waals surface area contributed by atoms with E-state index in [4.69, 9.17) is 5.26 Å². The van der Waals surface area contributed by atoms with Gasteiger partial charge in [0.25, 0.3) is 5.91 Å². The van der Waals surface area contributed by atoms with Crippen LogP contribution in [0.5, 0.6) is 0 Å². The molecule has 1 N–H and O–H groups in total. The molecule has 1 aliphatic carbocycles. The summed E-state index contributed by atoms with van der Waals surface area (Å²) in [6.07, 6.45) is 7.09. The zero-order valence-corrected chi connectivity index (χ0v) is 17.3. The van der Waals surface area contributed by atoms with Gasteiger partial charge >= 0.3 is 0 Å². The van der Waals surface area contributed by atoms with Crippen molar-refractivity contribution in [3.05, 3.63) is 29.3 Å². The number of nitrogens with zero attached hydrogens (tertiary/aromatic N) is 4. The van der Waals surface area contributed by atoms with E-state index in [-0.39, 0.29) is 17.7 Å². The summed E-state index contributed by atoms with van der Waals surface area (Å²) in [5.74, 6) is 1.40. The molecule has 2 fully saturated rings. The highest BCUT2D eigenvalue weighted by Crippen LogP contribution is 2.37. The number of anilines is 1. The monoisotopic (exact) mass is 394 g/mol. The fraction of sp³-hybridized carbons (Fsp3) is 0.609. The van der Waals surface area contributed by atoms with Gasteiger partial charge in [0.05, 0.1) is 17.3 Å². The molecule has 2 heterocycles. The average Bonchev–Trinajstić information content (AvgIpc) is 3.04. The van der Waals surface area contributed by atoms with Crippen molar-refractivity contribution in [2.45, 2.75) is 64.5 Å². The number of carbonyl (C=O) groups is 1. The largest absolute Gasteiger partial charge is 0.410 e. The molecule has 0 radical (unpaired) electrons. The molecule has 1 saturated carbocycles. The maximum Gasteiger partial charge on any atom is 0.281 e. The standard InChI is InChI=1S/C23H30N4O2/c1-15(2)17-4-6-18(7-5-17)26-11-9-19(10-12-26)27-21-8-3-16(14-24)13-20(21)22(25-29)23(27)28/h3,8,13,15,17-19,29H,4-7,9-12H2,1-2H3/b25-22-. The lowest BCUT2D eigenvalue weighted by Gasteiger charge is -2.43. The smallest absolute Gasteiger partial charge is 0.281 e. The van der Waals surface area contributed by atoms with E-state index in [0.29, 0.717) is 17.2 Å². The highest BCUT2D eigenvalue weighted by Gasteiger charge is 2.40. The van der Waals surface area contributed by atoms with E-state index in [0.717, 1.165) is 43.5 Å². The van der Waals surface area contributed by atoms with Crippen molar-refractivity contribution in [1.29, 1.82) is 5.26 Å². The summed E-state index contributed by atoms with van der Waals surface area (Å²) in [4.78, 5) is 17.3. The predicted octanol–water partition coefficient (Wildman–Crippen LogP) is 3.76. The molecule has 6 heteroatoms. The molecule has 1 saturated heterocycles. The molecule has 0 spiro atoms. The van der Waals surface area contributed by atoms with Gasteiger partial charge in [-0.1, -0.05) is 19.0 Å². The lowest BCUT2D eigenvalue weighted by molar-refractivity contribution is -0.113. The van der Waals surface area contributed by atoms with E-state index in [1.54, 1.807) is 17.0 Å². The van der Waals surface area contributed by atoms with E-state index in [1.807, 2.05) is 6.07 Å². The molecule has 1 aromatic rings. The number of nitriles is 1. The van der Waals surface area contributed by atoms with Crippen molar-refractivity contribution in [1.82, 2.24) is 4.90 Å². The van der Waals surface area contributed by atoms with E-state index in [1.165, 1.54) is 25.7 Å². The molecule has 0 unspecified atom stereocenters. The third-order valence-corrected chi connectivity index (χ3v) is 7.23. The number of carbonyl (C=O) groups excluding carboxylic acids is 1. The van der Waals surface area contributed by atoms with Crippen LogP contribution < -0.4 is 4.90 Å². The van der Waals surface area contributed by atoms with Crippen molar-refractivity contribution >= 4 is 17.3 Å². The number of piperidine rings is 1. The predicted molar refractivity (Wildman–Crippen MR) is 112 cm³/mol. The minimum absolute atomic E-state index is 0.0477. The summed E-state index contributed by atoms with van der Waals surface area (Å²) in [6.45, 7) is 6.68. The van der Waals surface area contributed by atoms with Crippen molar-refractivity contribution in [3.8, 4) is 6.07 Å². The van der Waals surface area contributed by atoms with Crippen LogP contribution in [0.1, 0.15) is 63.5 Å². The summed E-state index contributed by atoms with van der Waals surface area (Å²) < 4.78 is 0. The van der Waals surface area contributed by atoms with E-state index in [9.17, 15) is 10.0 Å². The van der Waals surface area contributed by atoms with Gasteiger partial charge in [0.1, 0.15) is 0 Å². The van der Waals surface area contributed by atoms with E-state index in [2.05, 4.69) is 30.0 Å². The number of oxime groups is 1. The number of rotatable bonds is 3. The van der Waals surface area contributed by atoms with Crippen LogP contribution in [-0.2, 0) is 4.79 Å². The summed E-state index contributed by atoms with van der Waals surface area (Å²) in [5.41, 5.74) is 1.83. The first-order valence-corrected chi connectivity index (χ1v) is 10.9. The number of hydrogen-bond donors (Lipinski definition) is 1. The van der Waals surface area contributed by atoms with Gasteiger partial charge in [0.2, 0.25) is 0 Å². The first-order valence-electron chi connectivity index (χ1n) is 10.9. The molecule has 1 aromatic carbocycles. The van der Waals surface area contributed by atoms with Crippen molar-refractivity contribution in [2.24, 2.45) is 17.0 Å². The summed E-state index contributed by atoms with van der Waals surface area (Å²) in [6, 6.07) is 8.05. The Morgan fingerprint density at radius 2 is 1.79 bits per heavy atom. The third kappa shape index (κ3) is 3.64. The van der Waals surface area contributed by atoms with Crippen LogP contribution in [-0.4, -0.2) is 46.9 Å².